The number of benzene rings is 2. The SMILES string of the molecule is O=C(NCC1(c2ccccc2)CC1)c1c[nH]c2ccccc2c1=O. The second-order valence-corrected chi connectivity index (χ2v) is 6.41. The van der Waals surface area contributed by atoms with Crippen LogP contribution in [0.25, 0.3) is 10.9 Å². The van der Waals surface area contributed by atoms with Crippen molar-refractivity contribution in [1.29, 1.82) is 0 Å². The van der Waals surface area contributed by atoms with E-state index in [1.165, 1.54) is 11.8 Å². The Morgan fingerprint density at radius 3 is 2.50 bits per heavy atom. The van der Waals surface area contributed by atoms with Crippen LogP contribution in [0.15, 0.2) is 65.6 Å². The number of fused-ring (bicyclic) bond motifs is 1. The number of carbonyl (C=O) groups excluding carboxylic acids is 1. The summed E-state index contributed by atoms with van der Waals surface area (Å²) in [7, 11) is 0. The predicted octanol–water partition coefficient (Wildman–Crippen LogP) is 2.99. The number of rotatable bonds is 4. The Morgan fingerprint density at radius 2 is 1.75 bits per heavy atom. The molecule has 0 bridgehead atoms. The summed E-state index contributed by atoms with van der Waals surface area (Å²) in [4.78, 5) is 28.0. The molecule has 0 unspecified atom stereocenters. The van der Waals surface area contributed by atoms with Crippen LogP contribution >= 0.6 is 0 Å². The van der Waals surface area contributed by atoms with Gasteiger partial charge in [0.1, 0.15) is 5.56 Å². The van der Waals surface area contributed by atoms with E-state index in [-0.39, 0.29) is 22.3 Å². The van der Waals surface area contributed by atoms with Crippen LogP contribution in [0.5, 0.6) is 0 Å². The minimum atomic E-state index is -0.316. The molecule has 1 saturated carbocycles. The number of amides is 1. The third-order valence-corrected chi connectivity index (χ3v) is 4.86. The molecule has 2 N–H and O–H groups in total. The van der Waals surface area contributed by atoms with E-state index in [9.17, 15) is 9.59 Å². The van der Waals surface area contributed by atoms with Gasteiger partial charge in [-0.05, 0) is 30.5 Å². The standard InChI is InChI=1S/C20H18N2O2/c23-18-15-8-4-5-9-17(15)21-12-16(18)19(24)22-13-20(10-11-20)14-6-2-1-3-7-14/h1-9,12H,10-11,13H2,(H,21,23)(H,22,24). The van der Waals surface area contributed by atoms with Crippen LogP contribution in [0.1, 0.15) is 28.8 Å². The molecule has 0 spiro atoms. The van der Waals surface area contributed by atoms with Gasteiger partial charge in [0, 0.05) is 29.1 Å². The Hall–Kier alpha value is -2.88. The number of aromatic amines is 1. The fraction of sp³-hybridized carbons (Fsp3) is 0.200. The number of hydrogen-bond donors (Lipinski definition) is 2. The van der Waals surface area contributed by atoms with Crippen LogP contribution in [0, 0.1) is 0 Å². The van der Waals surface area contributed by atoms with Crippen molar-refractivity contribution < 1.29 is 4.79 Å². The molecule has 2 aromatic carbocycles. The Labute approximate surface area is 139 Å². The van der Waals surface area contributed by atoms with Crippen molar-refractivity contribution in [2.45, 2.75) is 18.3 Å². The lowest BCUT2D eigenvalue weighted by Gasteiger charge is -2.16. The largest absolute Gasteiger partial charge is 0.360 e. The highest BCUT2D eigenvalue weighted by molar-refractivity contribution is 5.97. The van der Waals surface area contributed by atoms with E-state index >= 15 is 0 Å². The first kappa shape index (κ1) is 14.7. The summed E-state index contributed by atoms with van der Waals surface area (Å²) in [6.45, 7) is 0.558. The molecule has 0 atom stereocenters. The molecular weight excluding hydrogens is 300 g/mol. The molecule has 4 rings (SSSR count). The zero-order valence-corrected chi connectivity index (χ0v) is 13.2. The van der Waals surface area contributed by atoms with Crippen molar-refractivity contribution in [2.75, 3.05) is 6.54 Å². The fourth-order valence-corrected chi connectivity index (χ4v) is 3.19. The molecule has 4 nitrogen and oxygen atoms in total. The molecule has 1 aromatic heterocycles. The third-order valence-electron chi connectivity index (χ3n) is 4.86. The Kier molecular flexibility index (Phi) is 3.45. The highest BCUT2D eigenvalue weighted by Crippen LogP contribution is 2.47. The topological polar surface area (TPSA) is 62.0 Å². The maximum absolute atomic E-state index is 12.5. The van der Waals surface area contributed by atoms with Gasteiger partial charge in [-0.25, -0.2) is 0 Å². The van der Waals surface area contributed by atoms with Crippen molar-refractivity contribution in [3.63, 3.8) is 0 Å². The average Bonchev–Trinajstić information content (AvgIpc) is 3.42. The third kappa shape index (κ3) is 2.50. The van der Waals surface area contributed by atoms with E-state index in [0.29, 0.717) is 11.9 Å². The zero-order valence-electron chi connectivity index (χ0n) is 13.2. The predicted molar refractivity (Wildman–Crippen MR) is 94.3 cm³/mol. The fourth-order valence-electron chi connectivity index (χ4n) is 3.19. The van der Waals surface area contributed by atoms with Crippen molar-refractivity contribution in [2.24, 2.45) is 0 Å². The molecule has 24 heavy (non-hydrogen) atoms. The number of carbonyl (C=O) groups is 1. The quantitative estimate of drug-likeness (QED) is 0.777. The number of hydrogen-bond acceptors (Lipinski definition) is 2. The van der Waals surface area contributed by atoms with E-state index in [4.69, 9.17) is 0 Å². The monoisotopic (exact) mass is 318 g/mol. The van der Waals surface area contributed by atoms with Gasteiger partial charge in [-0.3, -0.25) is 9.59 Å². The van der Waals surface area contributed by atoms with Gasteiger partial charge in [-0.15, -0.1) is 0 Å². The molecule has 1 fully saturated rings. The maximum Gasteiger partial charge on any atom is 0.256 e. The summed E-state index contributed by atoms with van der Waals surface area (Å²) < 4.78 is 0. The number of nitrogens with one attached hydrogen (secondary N) is 2. The van der Waals surface area contributed by atoms with Gasteiger partial charge in [0.2, 0.25) is 5.43 Å². The number of pyridine rings is 1. The van der Waals surface area contributed by atoms with Crippen LogP contribution in [0.3, 0.4) is 0 Å². The normalized spacial score (nSPS) is 15.2. The molecule has 3 aromatic rings. The first-order valence-corrected chi connectivity index (χ1v) is 8.14. The maximum atomic E-state index is 12.5. The second-order valence-electron chi connectivity index (χ2n) is 6.41. The molecule has 0 aliphatic heterocycles. The molecule has 1 aliphatic carbocycles. The van der Waals surface area contributed by atoms with Gasteiger partial charge in [-0.1, -0.05) is 42.5 Å². The minimum Gasteiger partial charge on any atom is -0.360 e. The molecule has 1 heterocycles. The minimum absolute atomic E-state index is 0.0283. The van der Waals surface area contributed by atoms with E-state index in [0.717, 1.165) is 18.4 Å². The summed E-state index contributed by atoms with van der Waals surface area (Å²) in [6.07, 6.45) is 3.62. The van der Waals surface area contributed by atoms with Crippen molar-refractivity contribution >= 4 is 16.8 Å². The van der Waals surface area contributed by atoms with Gasteiger partial charge in [0.05, 0.1) is 0 Å². The lowest BCUT2D eigenvalue weighted by atomic mass is 9.96. The van der Waals surface area contributed by atoms with E-state index in [2.05, 4.69) is 22.4 Å². The first-order chi connectivity index (χ1) is 11.7. The van der Waals surface area contributed by atoms with Crippen LogP contribution in [0.2, 0.25) is 0 Å². The summed E-state index contributed by atoms with van der Waals surface area (Å²) in [5, 5.41) is 3.48. The molecule has 1 amide bonds. The van der Waals surface area contributed by atoms with Crippen LogP contribution < -0.4 is 10.7 Å². The molecular formula is C20H18N2O2. The van der Waals surface area contributed by atoms with Crippen LogP contribution in [0.4, 0.5) is 0 Å². The molecule has 0 radical (unpaired) electrons. The average molecular weight is 318 g/mol. The molecule has 0 saturated heterocycles. The lowest BCUT2D eigenvalue weighted by molar-refractivity contribution is 0.0948. The van der Waals surface area contributed by atoms with Crippen LogP contribution in [-0.4, -0.2) is 17.4 Å². The zero-order chi connectivity index (χ0) is 16.6. The summed E-state index contributed by atoms with van der Waals surface area (Å²) in [6, 6.07) is 17.4. The molecule has 1 aliphatic rings. The van der Waals surface area contributed by atoms with Gasteiger partial charge < -0.3 is 10.3 Å². The second kappa shape index (κ2) is 5.64. The highest BCUT2D eigenvalue weighted by Gasteiger charge is 2.44. The number of H-pyrrole nitrogens is 1. The van der Waals surface area contributed by atoms with Crippen molar-refractivity contribution in [3.8, 4) is 0 Å². The Bertz CT molecular complexity index is 956. The highest BCUT2D eigenvalue weighted by atomic mass is 16.2. The lowest BCUT2D eigenvalue weighted by Crippen LogP contribution is -2.35. The van der Waals surface area contributed by atoms with E-state index in [1.807, 2.05) is 30.3 Å². The smallest absolute Gasteiger partial charge is 0.256 e. The van der Waals surface area contributed by atoms with Gasteiger partial charge in [-0.2, -0.15) is 0 Å². The van der Waals surface area contributed by atoms with Gasteiger partial charge >= 0.3 is 0 Å². The Morgan fingerprint density at radius 1 is 1.04 bits per heavy atom. The molecule has 4 heteroatoms. The van der Waals surface area contributed by atoms with Crippen LogP contribution in [-0.2, 0) is 5.41 Å². The van der Waals surface area contributed by atoms with Gasteiger partial charge in [0.25, 0.3) is 5.91 Å². The van der Waals surface area contributed by atoms with Crippen molar-refractivity contribution in [1.82, 2.24) is 10.3 Å². The van der Waals surface area contributed by atoms with E-state index in [1.54, 1.807) is 12.1 Å². The first-order valence-electron chi connectivity index (χ1n) is 8.14. The summed E-state index contributed by atoms with van der Waals surface area (Å²) in [5.74, 6) is -0.316. The Balaban J connectivity index is 1.55. The summed E-state index contributed by atoms with van der Waals surface area (Å²) in [5.41, 5.74) is 1.95. The van der Waals surface area contributed by atoms with E-state index < -0.39 is 0 Å². The number of para-hydroxylation sites is 1. The number of aromatic nitrogens is 1. The molecule has 120 valence electrons. The van der Waals surface area contributed by atoms with Gasteiger partial charge in [0.15, 0.2) is 0 Å². The summed E-state index contributed by atoms with van der Waals surface area (Å²) >= 11 is 0. The van der Waals surface area contributed by atoms with Crippen molar-refractivity contribution in [3.05, 3.63) is 82.1 Å².